The highest BCUT2D eigenvalue weighted by atomic mass is 32.1. The van der Waals surface area contributed by atoms with Crippen molar-refractivity contribution in [1.29, 1.82) is 0 Å². The fourth-order valence-corrected chi connectivity index (χ4v) is 5.00. The monoisotopic (exact) mass is 399 g/mol. The maximum atomic E-state index is 12.8. The largest absolute Gasteiger partial charge is 0.447 e. The fourth-order valence-electron chi connectivity index (χ4n) is 4.22. The topological polar surface area (TPSA) is 70.7 Å². The van der Waals surface area contributed by atoms with Gasteiger partial charge in [0.25, 0.3) is 5.91 Å². The zero-order valence-electron chi connectivity index (χ0n) is 16.1. The van der Waals surface area contributed by atoms with E-state index in [0.717, 1.165) is 13.1 Å². The van der Waals surface area contributed by atoms with Gasteiger partial charge in [-0.2, -0.15) is 0 Å². The Balaban J connectivity index is 1.40. The quantitative estimate of drug-likeness (QED) is 0.804. The van der Waals surface area contributed by atoms with Crippen LogP contribution < -0.4 is 15.4 Å². The lowest BCUT2D eigenvalue weighted by atomic mass is 9.79. The molecule has 28 heavy (non-hydrogen) atoms. The molecule has 148 valence electrons. The standard InChI is InChI=1S/C21H25N3O3S/c1-13-20(15-8-10-24(13)11-9-15)23-21(26)18-6-7-19(28-18)27-17-5-3-4-16(12-17)22-14(2)25/h3-7,12-13,15,20H,8-11H2,1-2H3,(H,22,25)(H,23,26)/t13-,20-/m0/s1. The van der Waals surface area contributed by atoms with Crippen LogP contribution in [0.15, 0.2) is 36.4 Å². The van der Waals surface area contributed by atoms with Gasteiger partial charge in [-0.05, 0) is 63.0 Å². The number of anilines is 1. The number of thiophene rings is 1. The first-order chi connectivity index (χ1) is 13.5. The van der Waals surface area contributed by atoms with Crippen molar-refractivity contribution >= 4 is 28.8 Å². The summed E-state index contributed by atoms with van der Waals surface area (Å²) in [5.74, 6) is 1.04. The van der Waals surface area contributed by atoms with Crippen LogP contribution in [0.4, 0.5) is 5.69 Å². The number of ether oxygens (including phenoxy) is 1. The maximum Gasteiger partial charge on any atom is 0.261 e. The Morgan fingerprint density at radius 2 is 1.96 bits per heavy atom. The highest BCUT2D eigenvalue weighted by Crippen LogP contribution is 2.34. The van der Waals surface area contributed by atoms with Gasteiger partial charge in [0.2, 0.25) is 5.91 Å². The summed E-state index contributed by atoms with van der Waals surface area (Å²) in [7, 11) is 0. The molecule has 2 aromatic rings. The minimum Gasteiger partial charge on any atom is -0.447 e. The van der Waals surface area contributed by atoms with E-state index < -0.39 is 0 Å². The SMILES string of the molecule is CC(=O)Nc1cccc(Oc2ccc(C(=O)N[C@@H]3C4CCN(CC4)[C@H]3C)s2)c1. The van der Waals surface area contributed by atoms with Gasteiger partial charge in [0.15, 0.2) is 5.06 Å². The molecule has 2 N–H and O–H groups in total. The summed E-state index contributed by atoms with van der Waals surface area (Å²) in [6.07, 6.45) is 2.33. The molecule has 2 amide bonds. The van der Waals surface area contributed by atoms with Gasteiger partial charge in [-0.3, -0.25) is 14.5 Å². The van der Waals surface area contributed by atoms with Gasteiger partial charge in [-0.25, -0.2) is 0 Å². The van der Waals surface area contributed by atoms with Crippen molar-refractivity contribution in [1.82, 2.24) is 10.2 Å². The molecule has 4 heterocycles. The van der Waals surface area contributed by atoms with Crippen LogP contribution in [0, 0.1) is 5.92 Å². The number of nitrogens with zero attached hydrogens (tertiary/aromatic N) is 1. The van der Waals surface area contributed by atoms with E-state index in [1.54, 1.807) is 18.2 Å². The highest BCUT2D eigenvalue weighted by Gasteiger charge is 2.40. The molecule has 1 aromatic carbocycles. The summed E-state index contributed by atoms with van der Waals surface area (Å²) in [4.78, 5) is 27.1. The molecule has 5 rings (SSSR count). The Labute approximate surface area is 168 Å². The Bertz CT molecular complexity index is 871. The molecular weight excluding hydrogens is 374 g/mol. The number of rotatable bonds is 5. The van der Waals surface area contributed by atoms with Crippen molar-refractivity contribution < 1.29 is 14.3 Å². The van der Waals surface area contributed by atoms with Gasteiger partial charge in [0.1, 0.15) is 5.75 Å². The molecule has 3 aliphatic heterocycles. The van der Waals surface area contributed by atoms with Crippen LogP contribution >= 0.6 is 11.3 Å². The van der Waals surface area contributed by atoms with E-state index in [2.05, 4.69) is 22.5 Å². The Kier molecular flexibility index (Phi) is 5.37. The van der Waals surface area contributed by atoms with E-state index in [0.29, 0.717) is 33.3 Å². The summed E-state index contributed by atoms with van der Waals surface area (Å²) < 4.78 is 5.87. The van der Waals surface area contributed by atoms with Crippen LogP contribution in [0.5, 0.6) is 10.8 Å². The second-order valence-electron chi connectivity index (χ2n) is 7.54. The molecule has 0 spiro atoms. The Morgan fingerprint density at radius 3 is 2.68 bits per heavy atom. The first-order valence-electron chi connectivity index (χ1n) is 9.70. The molecule has 0 radical (unpaired) electrons. The minimum absolute atomic E-state index is 0.0301. The lowest BCUT2D eigenvalue weighted by molar-refractivity contribution is -0.114. The van der Waals surface area contributed by atoms with Crippen LogP contribution in [0.25, 0.3) is 0 Å². The number of amides is 2. The van der Waals surface area contributed by atoms with Crippen LogP contribution in [-0.4, -0.2) is 41.9 Å². The predicted octanol–water partition coefficient (Wildman–Crippen LogP) is 3.71. The minimum atomic E-state index is -0.130. The third-order valence-corrected chi connectivity index (χ3v) is 6.62. The number of carbonyl (C=O) groups is 2. The van der Waals surface area contributed by atoms with Crippen molar-refractivity contribution in [3.8, 4) is 10.8 Å². The average molecular weight is 400 g/mol. The summed E-state index contributed by atoms with van der Waals surface area (Å²) in [5.41, 5.74) is 0.677. The molecule has 3 saturated heterocycles. The summed E-state index contributed by atoms with van der Waals surface area (Å²) in [6.45, 7) is 5.97. The lowest BCUT2D eigenvalue weighted by Crippen LogP contribution is -2.62. The first-order valence-corrected chi connectivity index (χ1v) is 10.5. The number of hydrogen-bond donors (Lipinski definition) is 2. The number of carbonyl (C=O) groups excluding carboxylic acids is 2. The van der Waals surface area contributed by atoms with Crippen molar-refractivity contribution in [2.45, 2.75) is 38.8 Å². The van der Waals surface area contributed by atoms with Crippen LogP contribution in [0.2, 0.25) is 0 Å². The molecular formula is C21H25N3O3S. The number of nitrogens with one attached hydrogen (secondary N) is 2. The molecule has 0 unspecified atom stereocenters. The third kappa shape index (κ3) is 4.05. The van der Waals surface area contributed by atoms with E-state index in [1.807, 2.05) is 18.2 Å². The van der Waals surface area contributed by atoms with Crippen LogP contribution in [-0.2, 0) is 4.79 Å². The first kappa shape index (κ1) is 19.0. The predicted molar refractivity (Wildman–Crippen MR) is 110 cm³/mol. The van der Waals surface area contributed by atoms with Gasteiger partial charge in [0, 0.05) is 30.8 Å². The third-order valence-electron chi connectivity index (χ3n) is 5.65. The summed E-state index contributed by atoms with van der Waals surface area (Å²) in [6, 6.07) is 11.4. The van der Waals surface area contributed by atoms with E-state index in [1.165, 1.54) is 31.1 Å². The maximum absolute atomic E-state index is 12.8. The molecule has 1 aromatic heterocycles. The highest BCUT2D eigenvalue weighted by molar-refractivity contribution is 7.15. The smallest absolute Gasteiger partial charge is 0.261 e. The van der Waals surface area contributed by atoms with E-state index in [9.17, 15) is 9.59 Å². The van der Waals surface area contributed by atoms with Crippen molar-refractivity contribution in [2.75, 3.05) is 18.4 Å². The van der Waals surface area contributed by atoms with Gasteiger partial charge in [0.05, 0.1) is 4.88 Å². The molecule has 0 saturated carbocycles. The second-order valence-corrected chi connectivity index (χ2v) is 8.59. The molecule has 3 fully saturated rings. The number of benzene rings is 1. The van der Waals surface area contributed by atoms with Gasteiger partial charge >= 0.3 is 0 Å². The lowest BCUT2D eigenvalue weighted by Gasteiger charge is -2.49. The van der Waals surface area contributed by atoms with Crippen LogP contribution in [0.3, 0.4) is 0 Å². The van der Waals surface area contributed by atoms with Crippen molar-refractivity contribution in [3.05, 3.63) is 41.3 Å². The molecule has 6 nitrogen and oxygen atoms in total. The zero-order valence-corrected chi connectivity index (χ0v) is 16.9. The van der Waals surface area contributed by atoms with Crippen molar-refractivity contribution in [2.24, 2.45) is 5.92 Å². The summed E-state index contributed by atoms with van der Waals surface area (Å²) >= 11 is 1.33. The molecule has 7 heteroatoms. The average Bonchev–Trinajstić information content (AvgIpc) is 3.13. The van der Waals surface area contributed by atoms with E-state index in [-0.39, 0.29) is 17.9 Å². The van der Waals surface area contributed by atoms with Gasteiger partial charge in [-0.15, -0.1) is 0 Å². The van der Waals surface area contributed by atoms with Crippen LogP contribution in [0.1, 0.15) is 36.4 Å². The molecule has 2 atom stereocenters. The Hall–Kier alpha value is -2.38. The van der Waals surface area contributed by atoms with Gasteiger partial charge in [-0.1, -0.05) is 17.4 Å². The fraction of sp³-hybridized carbons (Fsp3) is 0.429. The molecule has 0 aliphatic carbocycles. The normalized spacial score (nSPS) is 25.9. The zero-order chi connectivity index (χ0) is 19.7. The molecule has 3 aliphatic rings. The van der Waals surface area contributed by atoms with E-state index in [4.69, 9.17) is 4.74 Å². The number of fused-ring (bicyclic) bond motifs is 3. The molecule has 2 bridgehead atoms. The summed E-state index contributed by atoms with van der Waals surface area (Å²) in [5, 5.41) is 6.63. The van der Waals surface area contributed by atoms with Gasteiger partial charge < -0.3 is 15.4 Å². The van der Waals surface area contributed by atoms with E-state index >= 15 is 0 Å². The Morgan fingerprint density at radius 1 is 1.18 bits per heavy atom. The van der Waals surface area contributed by atoms with Crippen molar-refractivity contribution in [3.63, 3.8) is 0 Å². The second kappa shape index (κ2) is 7.93. The number of hydrogen-bond acceptors (Lipinski definition) is 5. The number of piperidine rings is 3.